The topological polar surface area (TPSA) is 85.0 Å². The number of nitro groups is 1. The lowest BCUT2D eigenvalue weighted by Crippen LogP contribution is -2.19. The zero-order valence-electron chi connectivity index (χ0n) is 14.7. The van der Waals surface area contributed by atoms with Crippen molar-refractivity contribution in [1.82, 2.24) is 15.0 Å². The third kappa shape index (κ3) is 4.00. The average Bonchev–Trinajstić information content (AvgIpc) is 2.68. The maximum absolute atomic E-state index is 10.8. The zero-order valence-corrected chi connectivity index (χ0v) is 14.7. The van der Waals surface area contributed by atoms with Crippen molar-refractivity contribution in [2.45, 2.75) is 19.9 Å². The lowest BCUT2D eigenvalue weighted by Gasteiger charge is -2.19. The van der Waals surface area contributed by atoms with Crippen molar-refractivity contribution < 1.29 is 4.92 Å². The van der Waals surface area contributed by atoms with Gasteiger partial charge in [-0.3, -0.25) is 15.1 Å². The molecular weight excluding hydrogens is 330 g/mol. The van der Waals surface area contributed by atoms with Crippen molar-refractivity contribution in [2.24, 2.45) is 0 Å². The minimum atomic E-state index is -0.417. The molecule has 0 atom stereocenters. The highest BCUT2D eigenvalue weighted by atomic mass is 16.6. The van der Waals surface area contributed by atoms with Crippen LogP contribution in [-0.2, 0) is 13.0 Å². The van der Waals surface area contributed by atoms with E-state index >= 15 is 0 Å². The quantitative estimate of drug-likeness (QED) is 0.499. The molecule has 0 aliphatic rings. The van der Waals surface area contributed by atoms with Crippen LogP contribution in [0, 0.1) is 10.1 Å². The van der Waals surface area contributed by atoms with E-state index in [9.17, 15) is 10.1 Å². The Morgan fingerprint density at radius 2 is 1.85 bits per heavy atom. The third-order valence-electron chi connectivity index (χ3n) is 3.98. The predicted octanol–water partition coefficient (Wildman–Crippen LogP) is 3.65. The highest BCUT2D eigenvalue weighted by Gasteiger charge is 2.12. The van der Waals surface area contributed by atoms with E-state index in [0.29, 0.717) is 12.4 Å². The molecule has 0 aliphatic heterocycles. The Hall–Kier alpha value is -3.35. The van der Waals surface area contributed by atoms with Crippen molar-refractivity contribution in [3.8, 4) is 11.4 Å². The third-order valence-corrected chi connectivity index (χ3v) is 3.98. The van der Waals surface area contributed by atoms with Crippen LogP contribution in [0.1, 0.15) is 18.3 Å². The van der Waals surface area contributed by atoms with Crippen molar-refractivity contribution in [1.29, 1.82) is 0 Å². The molecule has 0 fully saturated rings. The van der Waals surface area contributed by atoms with Crippen molar-refractivity contribution >= 4 is 11.5 Å². The molecule has 2 heterocycles. The molecular formula is C19H19N5O2. The molecule has 26 heavy (non-hydrogen) atoms. The van der Waals surface area contributed by atoms with Gasteiger partial charge in [-0.2, -0.15) is 0 Å². The van der Waals surface area contributed by atoms with Crippen LogP contribution in [0.25, 0.3) is 11.4 Å². The van der Waals surface area contributed by atoms with E-state index in [1.807, 2.05) is 43.1 Å². The minimum Gasteiger partial charge on any atom is -0.354 e. The standard InChI is InChI=1S/C19H19N5O2/c1-3-15-12-18(23(2)13-16-6-4-5-11-20-16)22-19(21-15)14-7-9-17(10-8-14)24(25)26/h4-12H,3,13H2,1-2H3. The lowest BCUT2D eigenvalue weighted by molar-refractivity contribution is -0.384. The molecule has 0 saturated carbocycles. The van der Waals surface area contributed by atoms with Gasteiger partial charge in [0.2, 0.25) is 0 Å². The highest BCUT2D eigenvalue weighted by molar-refractivity contribution is 5.60. The molecule has 0 saturated heterocycles. The van der Waals surface area contributed by atoms with Gasteiger partial charge in [-0.15, -0.1) is 0 Å². The molecule has 0 unspecified atom stereocenters. The first kappa shape index (κ1) is 17.5. The number of nitrogens with zero attached hydrogens (tertiary/aromatic N) is 5. The van der Waals surface area contributed by atoms with E-state index in [-0.39, 0.29) is 5.69 Å². The van der Waals surface area contributed by atoms with Crippen LogP contribution in [-0.4, -0.2) is 26.9 Å². The first-order valence-electron chi connectivity index (χ1n) is 8.30. The number of nitro benzene ring substituents is 1. The number of benzene rings is 1. The van der Waals surface area contributed by atoms with Gasteiger partial charge >= 0.3 is 0 Å². The molecule has 7 heteroatoms. The van der Waals surface area contributed by atoms with Crippen LogP contribution in [0.5, 0.6) is 0 Å². The van der Waals surface area contributed by atoms with Gasteiger partial charge in [-0.05, 0) is 30.7 Å². The Balaban J connectivity index is 1.92. The summed E-state index contributed by atoms with van der Waals surface area (Å²) >= 11 is 0. The molecule has 0 amide bonds. The summed E-state index contributed by atoms with van der Waals surface area (Å²) in [5.74, 6) is 1.35. The molecule has 0 radical (unpaired) electrons. The van der Waals surface area contributed by atoms with Crippen molar-refractivity contribution in [2.75, 3.05) is 11.9 Å². The molecule has 0 bridgehead atoms. The number of aryl methyl sites for hydroxylation is 1. The first-order chi connectivity index (χ1) is 12.6. The summed E-state index contributed by atoms with van der Waals surface area (Å²) in [6.07, 6.45) is 2.54. The van der Waals surface area contributed by atoms with Crippen LogP contribution in [0.4, 0.5) is 11.5 Å². The maximum atomic E-state index is 10.8. The van der Waals surface area contributed by atoms with Crippen LogP contribution in [0.15, 0.2) is 54.7 Å². The summed E-state index contributed by atoms with van der Waals surface area (Å²) in [7, 11) is 1.95. The Morgan fingerprint density at radius 1 is 1.08 bits per heavy atom. The average molecular weight is 349 g/mol. The monoisotopic (exact) mass is 349 g/mol. The second-order valence-corrected chi connectivity index (χ2v) is 5.88. The van der Waals surface area contributed by atoms with Gasteiger partial charge in [0.05, 0.1) is 17.2 Å². The fraction of sp³-hybridized carbons (Fsp3) is 0.211. The summed E-state index contributed by atoms with van der Waals surface area (Å²) in [6, 6.07) is 14.0. The summed E-state index contributed by atoms with van der Waals surface area (Å²) in [5.41, 5.74) is 2.66. The molecule has 2 aromatic heterocycles. The van der Waals surface area contributed by atoms with Crippen LogP contribution < -0.4 is 4.90 Å². The first-order valence-corrected chi connectivity index (χ1v) is 8.30. The zero-order chi connectivity index (χ0) is 18.5. The van der Waals surface area contributed by atoms with E-state index in [1.54, 1.807) is 18.3 Å². The number of rotatable bonds is 6. The van der Waals surface area contributed by atoms with Crippen LogP contribution in [0.3, 0.4) is 0 Å². The predicted molar refractivity (Wildman–Crippen MR) is 99.8 cm³/mol. The number of non-ortho nitro benzene ring substituents is 1. The van der Waals surface area contributed by atoms with Crippen molar-refractivity contribution in [3.63, 3.8) is 0 Å². The molecule has 132 valence electrons. The van der Waals surface area contributed by atoms with E-state index < -0.39 is 4.92 Å². The number of aromatic nitrogens is 3. The molecule has 1 aromatic carbocycles. The maximum Gasteiger partial charge on any atom is 0.269 e. The molecule has 0 spiro atoms. The number of hydrogen-bond donors (Lipinski definition) is 0. The van der Waals surface area contributed by atoms with Crippen LogP contribution in [0.2, 0.25) is 0 Å². The fourth-order valence-corrected chi connectivity index (χ4v) is 2.54. The van der Waals surface area contributed by atoms with Crippen molar-refractivity contribution in [3.05, 3.63) is 76.2 Å². The van der Waals surface area contributed by atoms with Gasteiger partial charge < -0.3 is 4.90 Å². The second kappa shape index (κ2) is 7.69. The normalized spacial score (nSPS) is 10.5. The van der Waals surface area contributed by atoms with Gasteiger partial charge in [0.25, 0.3) is 5.69 Å². The SMILES string of the molecule is CCc1cc(N(C)Cc2ccccn2)nc(-c2ccc([N+](=O)[O-])cc2)n1. The Labute approximate surface area is 151 Å². The van der Waals surface area contributed by atoms with E-state index in [4.69, 9.17) is 0 Å². The summed E-state index contributed by atoms with van der Waals surface area (Å²) in [5, 5.41) is 10.8. The summed E-state index contributed by atoms with van der Waals surface area (Å²) < 4.78 is 0. The number of pyridine rings is 1. The van der Waals surface area contributed by atoms with Gasteiger partial charge in [0.1, 0.15) is 5.82 Å². The molecule has 0 aliphatic carbocycles. The Kier molecular flexibility index (Phi) is 5.17. The molecule has 3 aromatic rings. The van der Waals surface area contributed by atoms with E-state index in [0.717, 1.165) is 29.2 Å². The minimum absolute atomic E-state index is 0.0490. The van der Waals surface area contributed by atoms with Crippen LogP contribution >= 0.6 is 0 Å². The van der Waals surface area contributed by atoms with E-state index in [2.05, 4.69) is 15.0 Å². The summed E-state index contributed by atoms with van der Waals surface area (Å²) in [4.78, 5) is 26.0. The molecule has 0 N–H and O–H groups in total. The largest absolute Gasteiger partial charge is 0.354 e. The van der Waals surface area contributed by atoms with Gasteiger partial charge in [0.15, 0.2) is 5.82 Å². The molecule has 3 rings (SSSR count). The highest BCUT2D eigenvalue weighted by Crippen LogP contribution is 2.23. The van der Waals surface area contributed by atoms with Gasteiger partial charge in [-0.1, -0.05) is 13.0 Å². The smallest absolute Gasteiger partial charge is 0.269 e. The number of hydrogen-bond acceptors (Lipinski definition) is 6. The Bertz CT molecular complexity index is 898. The molecule has 7 nitrogen and oxygen atoms in total. The van der Waals surface area contributed by atoms with E-state index in [1.165, 1.54) is 12.1 Å². The van der Waals surface area contributed by atoms with Gasteiger partial charge in [0, 0.05) is 42.7 Å². The van der Waals surface area contributed by atoms with Gasteiger partial charge in [-0.25, -0.2) is 9.97 Å². The lowest BCUT2D eigenvalue weighted by atomic mass is 10.2. The fourth-order valence-electron chi connectivity index (χ4n) is 2.54. The number of anilines is 1. The Morgan fingerprint density at radius 3 is 2.46 bits per heavy atom. The second-order valence-electron chi connectivity index (χ2n) is 5.88. The summed E-state index contributed by atoms with van der Waals surface area (Å²) in [6.45, 7) is 2.66.